The Balaban J connectivity index is 2.40. The number of aromatic nitrogens is 1. The van der Waals surface area contributed by atoms with Gasteiger partial charge in [0.2, 0.25) is 0 Å². The van der Waals surface area contributed by atoms with Crippen molar-refractivity contribution in [3.8, 4) is 6.07 Å². The zero-order chi connectivity index (χ0) is 12.7. The maximum absolute atomic E-state index is 9.02. The van der Waals surface area contributed by atoms with Crippen molar-refractivity contribution >= 4 is 16.5 Å². The number of hydrogen-bond acceptors (Lipinski definition) is 4. The van der Waals surface area contributed by atoms with Crippen molar-refractivity contribution < 1.29 is 0 Å². The summed E-state index contributed by atoms with van der Waals surface area (Å²) in [7, 11) is 0. The third-order valence-corrected chi connectivity index (χ3v) is 3.71. The van der Waals surface area contributed by atoms with Gasteiger partial charge in [0.25, 0.3) is 0 Å². The van der Waals surface area contributed by atoms with Crippen molar-refractivity contribution in [1.29, 1.82) is 5.26 Å². The number of nitrogens with zero attached hydrogens (tertiary/aromatic N) is 2. The molecule has 0 saturated heterocycles. The van der Waals surface area contributed by atoms with Gasteiger partial charge in [-0.05, 0) is 31.8 Å². The van der Waals surface area contributed by atoms with E-state index in [-0.39, 0.29) is 0 Å². The third kappa shape index (κ3) is 4.35. The second-order valence-electron chi connectivity index (χ2n) is 4.48. The summed E-state index contributed by atoms with van der Waals surface area (Å²) in [6.07, 6.45) is 6.29. The Kier molecular flexibility index (Phi) is 5.99. The van der Waals surface area contributed by atoms with Gasteiger partial charge in [-0.3, -0.25) is 0 Å². The minimum absolute atomic E-state index is 0.416. The van der Waals surface area contributed by atoms with Crippen LogP contribution in [0, 0.1) is 18.3 Å². The maximum Gasteiger partial charge on any atom is 0.127 e. The zero-order valence-electron chi connectivity index (χ0n) is 10.9. The highest BCUT2D eigenvalue weighted by Crippen LogP contribution is 2.24. The summed E-state index contributed by atoms with van der Waals surface area (Å²) < 4.78 is 4.21. The molecule has 0 saturated carbocycles. The van der Waals surface area contributed by atoms with E-state index in [0.29, 0.717) is 11.6 Å². The summed E-state index contributed by atoms with van der Waals surface area (Å²) in [5, 5.41) is 13.3. The smallest absolute Gasteiger partial charge is 0.127 e. The molecule has 1 rings (SSSR count). The Morgan fingerprint density at radius 2 is 2.18 bits per heavy atom. The first-order valence-corrected chi connectivity index (χ1v) is 7.09. The minimum atomic E-state index is 0.416. The van der Waals surface area contributed by atoms with Crippen molar-refractivity contribution in [3.05, 3.63) is 11.3 Å². The predicted octanol–water partition coefficient (Wildman–Crippen LogP) is 4.09. The van der Waals surface area contributed by atoms with E-state index in [4.69, 9.17) is 5.26 Å². The molecule has 0 amide bonds. The van der Waals surface area contributed by atoms with Crippen LogP contribution in [0.2, 0.25) is 0 Å². The molecule has 0 bridgehead atoms. The molecule has 0 aliphatic rings. The molecular weight excluding hydrogens is 230 g/mol. The van der Waals surface area contributed by atoms with Crippen LogP contribution in [0.1, 0.15) is 57.2 Å². The van der Waals surface area contributed by atoms with Crippen LogP contribution in [0.4, 0.5) is 5.00 Å². The standard InChI is InChI=1S/C13H21N3S/c1-4-5-6-7-8-10(2)15-13-12(9-14)11(3)16-17-13/h10,15H,4-8H2,1-3H3. The fourth-order valence-electron chi connectivity index (χ4n) is 1.77. The number of hydrogen-bond donors (Lipinski definition) is 1. The van der Waals surface area contributed by atoms with E-state index in [1.54, 1.807) is 0 Å². The lowest BCUT2D eigenvalue weighted by Gasteiger charge is -2.13. The first kappa shape index (κ1) is 14.0. The summed E-state index contributed by atoms with van der Waals surface area (Å²) in [5.74, 6) is 0. The van der Waals surface area contributed by atoms with Crippen molar-refractivity contribution in [2.75, 3.05) is 5.32 Å². The molecule has 1 aromatic heterocycles. The Morgan fingerprint density at radius 3 is 2.82 bits per heavy atom. The second kappa shape index (κ2) is 7.29. The average Bonchev–Trinajstić information content (AvgIpc) is 2.65. The van der Waals surface area contributed by atoms with Crippen LogP contribution in [0.15, 0.2) is 0 Å². The topological polar surface area (TPSA) is 48.7 Å². The van der Waals surface area contributed by atoms with Crippen LogP contribution in [-0.4, -0.2) is 10.4 Å². The lowest BCUT2D eigenvalue weighted by molar-refractivity contribution is 0.594. The number of nitrogens with one attached hydrogen (secondary N) is 1. The van der Waals surface area contributed by atoms with Gasteiger partial charge in [-0.1, -0.05) is 32.6 Å². The molecule has 0 fully saturated rings. The van der Waals surface area contributed by atoms with Gasteiger partial charge in [0.15, 0.2) is 0 Å². The summed E-state index contributed by atoms with van der Waals surface area (Å²) in [5.41, 5.74) is 1.54. The highest BCUT2D eigenvalue weighted by molar-refractivity contribution is 7.10. The van der Waals surface area contributed by atoms with Gasteiger partial charge >= 0.3 is 0 Å². The van der Waals surface area contributed by atoms with E-state index >= 15 is 0 Å². The minimum Gasteiger partial charge on any atom is -0.372 e. The molecular formula is C13H21N3S. The van der Waals surface area contributed by atoms with Crippen molar-refractivity contribution in [3.63, 3.8) is 0 Å². The van der Waals surface area contributed by atoms with Crippen LogP contribution in [0.25, 0.3) is 0 Å². The van der Waals surface area contributed by atoms with Crippen molar-refractivity contribution in [1.82, 2.24) is 4.37 Å². The number of aryl methyl sites for hydroxylation is 1. The number of anilines is 1. The molecule has 0 aromatic carbocycles. The number of nitriles is 1. The third-order valence-electron chi connectivity index (χ3n) is 2.84. The van der Waals surface area contributed by atoms with Crippen molar-refractivity contribution in [2.24, 2.45) is 0 Å². The molecule has 1 aromatic rings. The van der Waals surface area contributed by atoms with E-state index in [2.05, 4.69) is 29.6 Å². The zero-order valence-corrected chi connectivity index (χ0v) is 11.7. The highest BCUT2D eigenvalue weighted by Gasteiger charge is 2.11. The molecule has 1 heterocycles. The first-order chi connectivity index (χ1) is 8.19. The molecule has 0 aliphatic heterocycles. The second-order valence-corrected chi connectivity index (χ2v) is 5.25. The van der Waals surface area contributed by atoms with Crippen molar-refractivity contribution in [2.45, 2.75) is 58.9 Å². The molecule has 1 atom stereocenters. The summed E-state index contributed by atoms with van der Waals surface area (Å²) in [4.78, 5) is 0. The number of unbranched alkanes of at least 4 members (excludes halogenated alkanes) is 3. The molecule has 1 N–H and O–H groups in total. The van der Waals surface area contributed by atoms with Gasteiger partial charge in [0.05, 0.1) is 5.69 Å². The Labute approximate surface area is 108 Å². The van der Waals surface area contributed by atoms with E-state index in [1.807, 2.05) is 6.92 Å². The fourth-order valence-corrected chi connectivity index (χ4v) is 2.63. The van der Waals surface area contributed by atoms with Crippen LogP contribution in [0.5, 0.6) is 0 Å². The Morgan fingerprint density at radius 1 is 1.41 bits per heavy atom. The molecule has 0 radical (unpaired) electrons. The summed E-state index contributed by atoms with van der Waals surface area (Å²) in [6.45, 7) is 6.27. The Bertz CT molecular complexity index is 379. The Hall–Kier alpha value is -1.08. The van der Waals surface area contributed by atoms with E-state index in [0.717, 1.165) is 17.1 Å². The van der Waals surface area contributed by atoms with Gasteiger partial charge in [-0.25, -0.2) is 0 Å². The summed E-state index contributed by atoms with van der Waals surface area (Å²) in [6, 6.07) is 2.63. The highest BCUT2D eigenvalue weighted by atomic mass is 32.1. The summed E-state index contributed by atoms with van der Waals surface area (Å²) >= 11 is 1.39. The number of rotatable bonds is 7. The largest absolute Gasteiger partial charge is 0.372 e. The van der Waals surface area contributed by atoms with Crippen LogP contribution in [0.3, 0.4) is 0 Å². The van der Waals surface area contributed by atoms with Gasteiger partial charge < -0.3 is 5.32 Å². The molecule has 0 aliphatic carbocycles. The molecule has 94 valence electrons. The first-order valence-electron chi connectivity index (χ1n) is 6.32. The molecule has 0 spiro atoms. The quantitative estimate of drug-likeness (QED) is 0.742. The van der Waals surface area contributed by atoms with Crippen LogP contribution >= 0.6 is 11.5 Å². The molecule has 3 nitrogen and oxygen atoms in total. The lowest BCUT2D eigenvalue weighted by Crippen LogP contribution is -2.14. The van der Waals surface area contributed by atoms with Gasteiger partial charge in [0.1, 0.15) is 16.6 Å². The van der Waals surface area contributed by atoms with Gasteiger partial charge in [-0.2, -0.15) is 9.64 Å². The van der Waals surface area contributed by atoms with E-state index in [1.165, 1.54) is 37.2 Å². The normalized spacial score (nSPS) is 12.1. The predicted molar refractivity (Wildman–Crippen MR) is 73.4 cm³/mol. The average molecular weight is 251 g/mol. The molecule has 17 heavy (non-hydrogen) atoms. The van der Waals surface area contributed by atoms with Crippen LogP contribution in [-0.2, 0) is 0 Å². The lowest BCUT2D eigenvalue weighted by atomic mass is 10.1. The maximum atomic E-state index is 9.02. The van der Waals surface area contributed by atoms with E-state index in [9.17, 15) is 0 Å². The van der Waals surface area contributed by atoms with Gasteiger partial charge in [-0.15, -0.1) is 0 Å². The molecule has 1 unspecified atom stereocenters. The monoisotopic (exact) mass is 251 g/mol. The SMILES string of the molecule is CCCCCCC(C)Nc1snc(C)c1C#N. The van der Waals surface area contributed by atoms with E-state index < -0.39 is 0 Å². The fraction of sp³-hybridized carbons (Fsp3) is 0.692. The molecule has 4 heteroatoms. The van der Waals surface area contributed by atoms with Gasteiger partial charge in [0, 0.05) is 6.04 Å². The van der Waals surface area contributed by atoms with Crippen LogP contribution < -0.4 is 5.32 Å².